The molecule has 1 unspecified atom stereocenters. The summed E-state index contributed by atoms with van der Waals surface area (Å²) in [7, 11) is 0. The molecule has 0 radical (unpaired) electrons. The van der Waals surface area contributed by atoms with Gasteiger partial charge in [-0.3, -0.25) is 4.98 Å². The molecule has 0 amide bonds. The van der Waals surface area contributed by atoms with Gasteiger partial charge in [0.2, 0.25) is 0 Å². The van der Waals surface area contributed by atoms with Crippen LogP contribution in [0.15, 0.2) is 24.5 Å². The van der Waals surface area contributed by atoms with Crippen molar-refractivity contribution in [1.82, 2.24) is 10.3 Å². The van der Waals surface area contributed by atoms with Crippen LogP contribution in [0.25, 0.3) is 0 Å². The number of pyridine rings is 1. The Labute approximate surface area is 84.6 Å². The van der Waals surface area contributed by atoms with Crippen LogP contribution in [0.4, 0.5) is 0 Å². The molecule has 2 nitrogen and oxygen atoms in total. The predicted octanol–water partition coefficient (Wildman–Crippen LogP) is 1.96. The Balaban J connectivity index is 0.000000605. The van der Waals surface area contributed by atoms with E-state index in [-0.39, 0.29) is 24.8 Å². The SMILES string of the molecule is Cl.Cl.c1cc(C2CCN2)ccn1. The summed E-state index contributed by atoms with van der Waals surface area (Å²) in [5, 5.41) is 3.33. The van der Waals surface area contributed by atoms with Crippen LogP contribution in [-0.4, -0.2) is 11.5 Å². The lowest BCUT2D eigenvalue weighted by Gasteiger charge is -2.27. The first-order valence-electron chi connectivity index (χ1n) is 3.60. The average Bonchev–Trinajstić information content (AvgIpc) is 1.86. The third kappa shape index (κ3) is 2.34. The van der Waals surface area contributed by atoms with Crippen LogP contribution in [-0.2, 0) is 0 Å². The normalized spacial score (nSPS) is 19.8. The standard InChI is InChI=1S/C8H10N2.2ClH/c1-4-9-5-2-7(1)8-3-6-10-8;;/h1-2,4-5,8,10H,3,6H2;2*1H. The highest BCUT2D eigenvalue weighted by Gasteiger charge is 2.17. The van der Waals surface area contributed by atoms with Crippen LogP contribution < -0.4 is 5.32 Å². The topological polar surface area (TPSA) is 24.9 Å². The monoisotopic (exact) mass is 206 g/mol. The number of nitrogens with zero attached hydrogens (tertiary/aromatic N) is 1. The first kappa shape index (κ1) is 11.7. The maximum absolute atomic E-state index is 3.96. The van der Waals surface area contributed by atoms with Crippen molar-refractivity contribution in [2.75, 3.05) is 6.54 Å². The number of hydrogen-bond donors (Lipinski definition) is 1. The zero-order chi connectivity index (χ0) is 6.81. The van der Waals surface area contributed by atoms with Gasteiger partial charge in [-0.25, -0.2) is 0 Å². The number of hydrogen-bond acceptors (Lipinski definition) is 2. The van der Waals surface area contributed by atoms with Crippen molar-refractivity contribution in [3.05, 3.63) is 30.1 Å². The Morgan fingerprint density at radius 2 is 1.83 bits per heavy atom. The zero-order valence-electron chi connectivity index (χ0n) is 6.56. The van der Waals surface area contributed by atoms with Crippen LogP contribution in [0, 0.1) is 0 Å². The minimum atomic E-state index is 0. The Bertz CT molecular complexity index is 212. The lowest BCUT2D eigenvalue weighted by molar-refractivity contribution is 0.383. The third-order valence-corrected chi connectivity index (χ3v) is 1.93. The van der Waals surface area contributed by atoms with Crippen LogP contribution in [0.3, 0.4) is 0 Å². The molecule has 2 rings (SSSR count). The summed E-state index contributed by atoms with van der Waals surface area (Å²) in [5.41, 5.74) is 1.36. The molecule has 1 atom stereocenters. The summed E-state index contributed by atoms with van der Waals surface area (Å²) in [6.07, 6.45) is 4.95. The minimum Gasteiger partial charge on any atom is -0.310 e. The second-order valence-electron chi connectivity index (χ2n) is 2.58. The Hall–Kier alpha value is -0.310. The second-order valence-corrected chi connectivity index (χ2v) is 2.58. The highest BCUT2D eigenvalue weighted by molar-refractivity contribution is 5.85. The highest BCUT2D eigenvalue weighted by Crippen LogP contribution is 2.20. The number of rotatable bonds is 1. The molecule has 1 aromatic rings. The number of halogens is 2. The molecule has 1 fully saturated rings. The number of nitrogens with one attached hydrogen (secondary N) is 1. The lowest BCUT2D eigenvalue weighted by atomic mass is 9.99. The summed E-state index contributed by atoms with van der Waals surface area (Å²) < 4.78 is 0. The molecule has 4 heteroatoms. The fourth-order valence-electron chi connectivity index (χ4n) is 1.17. The van der Waals surface area contributed by atoms with Crippen molar-refractivity contribution in [1.29, 1.82) is 0 Å². The van der Waals surface area contributed by atoms with Crippen molar-refractivity contribution in [3.63, 3.8) is 0 Å². The first-order chi connectivity index (χ1) is 4.97. The molecule has 0 spiro atoms. The van der Waals surface area contributed by atoms with Gasteiger partial charge in [0.1, 0.15) is 0 Å². The molecule has 0 bridgehead atoms. The van der Waals surface area contributed by atoms with Gasteiger partial charge in [-0.1, -0.05) is 0 Å². The van der Waals surface area contributed by atoms with Crippen LogP contribution in [0.5, 0.6) is 0 Å². The van der Waals surface area contributed by atoms with Gasteiger partial charge in [0.05, 0.1) is 0 Å². The maximum atomic E-state index is 3.96. The molecule has 1 saturated heterocycles. The van der Waals surface area contributed by atoms with Gasteiger partial charge in [0.25, 0.3) is 0 Å². The summed E-state index contributed by atoms with van der Waals surface area (Å²) in [5.74, 6) is 0. The molecular weight excluding hydrogens is 195 g/mol. The molecule has 12 heavy (non-hydrogen) atoms. The molecular formula is C8H12Cl2N2. The van der Waals surface area contributed by atoms with E-state index in [1.807, 2.05) is 12.4 Å². The Kier molecular flexibility index (Phi) is 5.22. The molecule has 1 N–H and O–H groups in total. The number of aromatic nitrogens is 1. The smallest absolute Gasteiger partial charge is 0.0333 e. The molecule has 0 saturated carbocycles. The largest absolute Gasteiger partial charge is 0.310 e. The van der Waals surface area contributed by atoms with E-state index in [9.17, 15) is 0 Å². The fourth-order valence-corrected chi connectivity index (χ4v) is 1.17. The first-order valence-corrected chi connectivity index (χ1v) is 3.60. The van der Waals surface area contributed by atoms with Gasteiger partial charge >= 0.3 is 0 Å². The molecule has 68 valence electrons. The summed E-state index contributed by atoms with van der Waals surface area (Å²) in [4.78, 5) is 3.96. The van der Waals surface area contributed by atoms with Crippen LogP contribution in [0.1, 0.15) is 18.0 Å². The van der Waals surface area contributed by atoms with Gasteiger partial charge in [-0.2, -0.15) is 0 Å². The molecule has 1 aliphatic rings. The second kappa shape index (κ2) is 5.36. The van der Waals surface area contributed by atoms with Crippen molar-refractivity contribution in [3.8, 4) is 0 Å². The third-order valence-electron chi connectivity index (χ3n) is 1.93. The molecule has 0 aliphatic carbocycles. The Morgan fingerprint density at radius 1 is 1.25 bits per heavy atom. The summed E-state index contributed by atoms with van der Waals surface area (Å²) >= 11 is 0. The minimum absolute atomic E-state index is 0. The van der Waals surface area contributed by atoms with Gasteiger partial charge < -0.3 is 5.32 Å². The van der Waals surface area contributed by atoms with Crippen molar-refractivity contribution in [2.45, 2.75) is 12.5 Å². The average molecular weight is 207 g/mol. The van der Waals surface area contributed by atoms with Crippen molar-refractivity contribution >= 4 is 24.8 Å². The highest BCUT2D eigenvalue weighted by atomic mass is 35.5. The van der Waals surface area contributed by atoms with Gasteiger partial charge in [0, 0.05) is 18.4 Å². The van der Waals surface area contributed by atoms with E-state index in [0.717, 1.165) is 6.54 Å². The van der Waals surface area contributed by atoms with Gasteiger partial charge in [-0.05, 0) is 30.7 Å². The fraction of sp³-hybridized carbons (Fsp3) is 0.375. The Morgan fingerprint density at radius 3 is 2.25 bits per heavy atom. The quantitative estimate of drug-likeness (QED) is 0.761. The molecule has 1 aromatic heterocycles. The van der Waals surface area contributed by atoms with Crippen LogP contribution in [0.2, 0.25) is 0 Å². The van der Waals surface area contributed by atoms with E-state index in [4.69, 9.17) is 0 Å². The zero-order valence-corrected chi connectivity index (χ0v) is 8.20. The van der Waals surface area contributed by atoms with E-state index < -0.39 is 0 Å². The molecule has 1 aliphatic heterocycles. The van der Waals surface area contributed by atoms with E-state index in [0.29, 0.717) is 6.04 Å². The predicted molar refractivity (Wildman–Crippen MR) is 54.1 cm³/mol. The molecule has 0 aromatic carbocycles. The van der Waals surface area contributed by atoms with Gasteiger partial charge in [-0.15, -0.1) is 24.8 Å². The molecule has 2 heterocycles. The van der Waals surface area contributed by atoms with E-state index in [1.54, 1.807) is 0 Å². The van der Waals surface area contributed by atoms with Crippen molar-refractivity contribution in [2.24, 2.45) is 0 Å². The summed E-state index contributed by atoms with van der Waals surface area (Å²) in [6.45, 7) is 1.16. The maximum Gasteiger partial charge on any atom is 0.0333 e. The van der Waals surface area contributed by atoms with Gasteiger partial charge in [0.15, 0.2) is 0 Å². The van der Waals surface area contributed by atoms with Crippen LogP contribution >= 0.6 is 24.8 Å². The van der Waals surface area contributed by atoms with E-state index in [1.165, 1.54) is 12.0 Å². The van der Waals surface area contributed by atoms with E-state index in [2.05, 4.69) is 22.4 Å². The van der Waals surface area contributed by atoms with E-state index >= 15 is 0 Å². The van der Waals surface area contributed by atoms with Crippen molar-refractivity contribution < 1.29 is 0 Å². The summed E-state index contributed by atoms with van der Waals surface area (Å²) in [6, 6.07) is 4.73. The lowest BCUT2D eigenvalue weighted by Crippen LogP contribution is -2.34.